The van der Waals surface area contributed by atoms with E-state index in [0.29, 0.717) is 15.9 Å². The van der Waals surface area contributed by atoms with Crippen molar-refractivity contribution in [2.45, 2.75) is 27.5 Å². The van der Waals surface area contributed by atoms with Gasteiger partial charge in [0.05, 0.1) is 26.6 Å². The molecule has 0 fully saturated rings. The summed E-state index contributed by atoms with van der Waals surface area (Å²) in [5.41, 5.74) is 0. The van der Waals surface area contributed by atoms with Crippen molar-refractivity contribution in [1.29, 1.82) is 0 Å². The average molecular weight is 639 g/mol. The van der Waals surface area contributed by atoms with E-state index in [1.54, 1.807) is 0 Å². The molecule has 0 amide bonds. The fourth-order valence-electron chi connectivity index (χ4n) is 4.08. The molecule has 39 heavy (non-hydrogen) atoms. The minimum atomic E-state index is -4.80. The SMILES string of the molecule is O=S(=O)(O)CCCC[P+](c1ccc(S(=O)(=O)[O-])cc1)(c1ccc(S(=O)(=O)O)cc1)c1ccc(S(=O)(=O)O)cc1. The van der Waals surface area contributed by atoms with Crippen LogP contribution >= 0.6 is 7.26 Å². The van der Waals surface area contributed by atoms with Crippen molar-refractivity contribution in [2.24, 2.45) is 0 Å². The Morgan fingerprint density at radius 3 is 1.15 bits per heavy atom. The molecule has 0 aliphatic heterocycles. The van der Waals surface area contributed by atoms with Gasteiger partial charge in [-0.25, -0.2) is 8.42 Å². The van der Waals surface area contributed by atoms with Crippen LogP contribution < -0.4 is 15.9 Å². The third-order valence-electron chi connectivity index (χ3n) is 5.86. The van der Waals surface area contributed by atoms with Gasteiger partial charge in [0.2, 0.25) is 0 Å². The molecule has 212 valence electrons. The first-order valence-corrected chi connectivity index (χ1v) is 18.8. The van der Waals surface area contributed by atoms with Crippen molar-refractivity contribution in [3.8, 4) is 0 Å². The average Bonchev–Trinajstić information content (AvgIpc) is 2.82. The maximum atomic E-state index is 11.6. The van der Waals surface area contributed by atoms with Crippen molar-refractivity contribution >= 4 is 63.6 Å². The van der Waals surface area contributed by atoms with Gasteiger partial charge >= 0.3 is 0 Å². The molecular weight excluding hydrogens is 615 g/mol. The number of hydrogen-bond acceptors (Lipinski definition) is 9. The maximum Gasteiger partial charge on any atom is 0.294 e. The summed E-state index contributed by atoms with van der Waals surface area (Å²) in [6, 6.07) is 15.1. The van der Waals surface area contributed by atoms with E-state index < -0.39 is 68.2 Å². The van der Waals surface area contributed by atoms with Crippen LogP contribution in [0, 0.1) is 0 Å². The minimum absolute atomic E-state index is 0.0137. The van der Waals surface area contributed by atoms with Crippen LogP contribution in [0.3, 0.4) is 0 Å². The van der Waals surface area contributed by atoms with Gasteiger partial charge in [-0.2, -0.15) is 25.3 Å². The molecule has 0 radical (unpaired) electrons. The normalized spacial score (nSPS) is 13.3. The molecule has 3 aromatic carbocycles. The summed E-state index contributed by atoms with van der Waals surface area (Å²) in [6.07, 6.45) is 0.386. The zero-order valence-corrected chi connectivity index (χ0v) is 24.0. The Hall–Kier alpha value is -2.27. The summed E-state index contributed by atoms with van der Waals surface area (Å²) < 4.78 is 132. The van der Waals surface area contributed by atoms with Crippen LogP contribution in [-0.2, 0) is 40.5 Å². The first-order valence-electron chi connectivity index (χ1n) is 10.9. The molecule has 0 aliphatic carbocycles. The highest BCUT2D eigenvalue weighted by Crippen LogP contribution is 2.56. The summed E-state index contributed by atoms with van der Waals surface area (Å²) in [6.45, 7) is 0. The van der Waals surface area contributed by atoms with Crippen LogP contribution in [0.25, 0.3) is 0 Å². The largest absolute Gasteiger partial charge is 0.744 e. The molecular formula is C22H23O12PS4. The van der Waals surface area contributed by atoms with Crippen LogP contribution in [0.4, 0.5) is 0 Å². The van der Waals surface area contributed by atoms with E-state index in [4.69, 9.17) is 4.55 Å². The van der Waals surface area contributed by atoms with Gasteiger partial charge in [0.25, 0.3) is 30.4 Å². The number of rotatable bonds is 11. The molecule has 0 atom stereocenters. The monoisotopic (exact) mass is 638 g/mol. The zero-order chi connectivity index (χ0) is 29.3. The Morgan fingerprint density at radius 1 is 0.538 bits per heavy atom. The number of hydrogen-bond donors (Lipinski definition) is 3. The third kappa shape index (κ3) is 7.68. The van der Waals surface area contributed by atoms with Gasteiger partial charge in [0, 0.05) is 0 Å². The van der Waals surface area contributed by atoms with E-state index in [0.717, 1.165) is 36.4 Å². The predicted octanol–water partition coefficient (Wildman–Crippen LogP) is 1.05. The smallest absolute Gasteiger partial charge is 0.294 e. The molecule has 12 nitrogen and oxygen atoms in total. The molecule has 0 heterocycles. The van der Waals surface area contributed by atoms with Crippen molar-refractivity contribution in [2.75, 3.05) is 11.9 Å². The summed E-state index contributed by atoms with van der Waals surface area (Å²) >= 11 is 0. The minimum Gasteiger partial charge on any atom is -0.744 e. The van der Waals surface area contributed by atoms with Crippen molar-refractivity contribution in [3.05, 3.63) is 72.8 Å². The van der Waals surface area contributed by atoms with Crippen molar-refractivity contribution < 1.29 is 51.9 Å². The van der Waals surface area contributed by atoms with Crippen molar-refractivity contribution in [3.63, 3.8) is 0 Å². The Balaban J connectivity index is 2.30. The van der Waals surface area contributed by atoms with E-state index >= 15 is 0 Å². The molecule has 0 unspecified atom stereocenters. The summed E-state index contributed by atoms with van der Waals surface area (Å²) in [5, 5.41) is 1.44. The molecule has 0 bridgehead atoms. The number of unbranched alkanes of at least 4 members (excludes halogenated alkanes) is 1. The van der Waals surface area contributed by atoms with Crippen LogP contribution in [0.2, 0.25) is 0 Å². The molecule has 0 aromatic heterocycles. The topological polar surface area (TPSA) is 220 Å². The highest BCUT2D eigenvalue weighted by atomic mass is 32.2. The molecule has 3 aromatic rings. The van der Waals surface area contributed by atoms with E-state index in [1.807, 2.05) is 0 Å². The molecule has 0 saturated carbocycles. The predicted molar refractivity (Wildman–Crippen MR) is 143 cm³/mol. The molecule has 0 saturated heterocycles. The second-order valence-electron chi connectivity index (χ2n) is 8.41. The number of benzene rings is 3. The van der Waals surface area contributed by atoms with Gasteiger partial charge in [0.15, 0.2) is 0 Å². The highest BCUT2D eigenvalue weighted by molar-refractivity contribution is 7.95. The van der Waals surface area contributed by atoms with E-state index in [2.05, 4.69) is 0 Å². The summed E-state index contributed by atoms with van der Waals surface area (Å²) in [7, 11) is -21.2. The van der Waals surface area contributed by atoms with Crippen LogP contribution in [0.15, 0.2) is 87.5 Å². The Bertz CT molecular complexity index is 1580. The summed E-state index contributed by atoms with van der Waals surface area (Å²) in [5.74, 6) is -0.552. The molecule has 17 heteroatoms. The lowest BCUT2D eigenvalue weighted by Crippen LogP contribution is -2.34. The first kappa shape index (κ1) is 31.3. The molecule has 0 spiro atoms. The Morgan fingerprint density at radius 2 is 0.872 bits per heavy atom. The van der Waals surface area contributed by atoms with Gasteiger partial charge < -0.3 is 4.55 Å². The standard InChI is InChI=1S/C22H23O12PS4/c23-36(24,25)16-2-1-15-35(17-3-9-20(10-4-17)37(26,27)28,18-5-11-21(12-6-18)38(29,30)31)19-7-13-22(14-8-19)39(32,33)34/h3-14H,1-2,15-16H2,(H3-,23,24,25,26,27,28,29,30,31,32,33,34). The van der Waals surface area contributed by atoms with Crippen LogP contribution in [0.1, 0.15) is 12.8 Å². The quantitative estimate of drug-likeness (QED) is 0.152. The second kappa shape index (κ2) is 11.3. The zero-order valence-electron chi connectivity index (χ0n) is 19.9. The van der Waals surface area contributed by atoms with Gasteiger partial charge in [-0.05, 0) is 85.6 Å². The lowest BCUT2D eigenvalue weighted by Gasteiger charge is -2.28. The van der Waals surface area contributed by atoms with Crippen LogP contribution in [0.5, 0.6) is 0 Å². The lowest BCUT2D eigenvalue weighted by atomic mass is 10.3. The van der Waals surface area contributed by atoms with Crippen molar-refractivity contribution in [1.82, 2.24) is 0 Å². The van der Waals surface area contributed by atoms with Crippen LogP contribution in [-0.4, -0.2) is 63.8 Å². The molecule has 0 aliphatic rings. The fraction of sp³-hybridized carbons (Fsp3) is 0.182. The Labute approximate surface area is 227 Å². The molecule has 3 rings (SSSR count). The van der Waals surface area contributed by atoms with E-state index in [9.17, 15) is 47.3 Å². The Kier molecular flexibility index (Phi) is 9.07. The van der Waals surface area contributed by atoms with Gasteiger partial charge in [-0.15, -0.1) is 0 Å². The van der Waals surface area contributed by atoms with Gasteiger partial charge in [-0.3, -0.25) is 13.7 Å². The lowest BCUT2D eigenvalue weighted by molar-refractivity contribution is 0.462. The maximum absolute atomic E-state index is 11.6. The molecule has 3 N–H and O–H groups in total. The summed E-state index contributed by atoms with van der Waals surface area (Å²) in [4.78, 5) is -1.34. The van der Waals surface area contributed by atoms with Gasteiger partial charge in [0.1, 0.15) is 33.3 Å². The first-order chi connectivity index (χ1) is 17.8. The van der Waals surface area contributed by atoms with E-state index in [-0.39, 0.29) is 19.0 Å². The third-order valence-corrected chi connectivity index (χ3v) is 13.8. The highest BCUT2D eigenvalue weighted by Gasteiger charge is 2.45. The van der Waals surface area contributed by atoms with Gasteiger partial charge in [-0.1, -0.05) is 0 Å². The fourth-order valence-corrected chi connectivity index (χ4v) is 10.4. The second-order valence-corrected chi connectivity index (χ2v) is 17.8. The van der Waals surface area contributed by atoms with E-state index in [1.165, 1.54) is 36.4 Å².